The first-order valence-corrected chi connectivity index (χ1v) is 6.36. The van der Waals surface area contributed by atoms with Crippen molar-refractivity contribution in [3.05, 3.63) is 0 Å². The van der Waals surface area contributed by atoms with Gasteiger partial charge in [0.05, 0.1) is 5.75 Å². The highest BCUT2D eigenvalue weighted by Crippen LogP contribution is 1.97. The Bertz CT molecular complexity index is 246. The molecule has 0 saturated carbocycles. The Morgan fingerprint density at radius 3 is 2.38 bits per heavy atom. The van der Waals surface area contributed by atoms with Crippen molar-refractivity contribution in [1.82, 2.24) is 5.32 Å². The lowest BCUT2D eigenvalue weighted by Gasteiger charge is -1.99. The zero-order chi connectivity index (χ0) is 10.3. The smallest absolute Gasteiger partial charge is 0.147 e. The van der Waals surface area contributed by atoms with Crippen LogP contribution in [0.2, 0.25) is 0 Å². The van der Waals surface area contributed by atoms with Crippen LogP contribution in [0, 0.1) is 0 Å². The zero-order valence-corrected chi connectivity index (χ0v) is 8.99. The molecular formula is C8H17NO3S. The molecule has 0 aliphatic carbocycles. The molecule has 13 heavy (non-hydrogen) atoms. The molecule has 5 heteroatoms. The average Bonchev–Trinajstić information content (AvgIpc) is 1.98. The summed E-state index contributed by atoms with van der Waals surface area (Å²) in [6.07, 6.45) is 2.49. The number of carbonyl (C=O) groups is 1. The van der Waals surface area contributed by atoms with E-state index in [0.29, 0.717) is 25.8 Å². The van der Waals surface area contributed by atoms with Crippen LogP contribution in [0.15, 0.2) is 0 Å². The summed E-state index contributed by atoms with van der Waals surface area (Å²) in [6.45, 7) is 0.664. The first-order valence-electron chi connectivity index (χ1n) is 4.30. The van der Waals surface area contributed by atoms with Gasteiger partial charge in [0.25, 0.3) is 0 Å². The fourth-order valence-corrected chi connectivity index (χ4v) is 1.59. The highest BCUT2D eigenvalue weighted by Gasteiger charge is 2.05. The summed E-state index contributed by atoms with van der Waals surface area (Å²) < 4.78 is 21.4. The van der Waals surface area contributed by atoms with Crippen molar-refractivity contribution in [2.75, 3.05) is 25.6 Å². The average molecular weight is 207 g/mol. The summed E-state index contributed by atoms with van der Waals surface area (Å²) in [5.41, 5.74) is 0. The Hall–Kier alpha value is -0.420. The van der Waals surface area contributed by atoms with Crippen LogP contribution in [0.1, 0.15) is 19.3 Å². The fraction of sp³-hybridized carbons (Fsp3) is 0.875. The van der Waals surface area contributed by atoms with E-state index < -0.39 is 9.84 Å². The largest absolute Gasteiger partial charge is 0.319 e. The van der Waals surface area contributed by atoms with E-state index in [2.05, 4.69) is 5.32 Å². The normalized spacial score (nSPS) is 11.5. The third kappa shape index (κ3) is 9.49. The van der Waals surface area contributed by atoms with E-state index in [-0.39, 0.29) is 11.5 Å². The molecule has 0 aromatic carbocycles. The van der Waals surface area contributed by atoms with Gasteiger partial charge >= 0.3 is 0 Å². The van der Waals surface area contributed by atoms with E-state index in [1.54, 1.807) is 7.05 Å². The molecule has 0 aliphatic rings. The molecule has 0 aromatic rings. The number of Topliss-reactive ketones (excluding diaryl/α,β-unsaturated/α-hetero) is 1. The molecule has 0 saturated heterocycles. The molecule has 0 rings (SSSR count). The van der Waals surface area contributed by atoms with Crippen molar-refractivity contribution in [3.8, 4) is 0 Å². The SMILES string of the molecule is CNCCC(=O)CCCS(C)(=O)=O. The summed E-state index contributed by atoms with van der Waals surface area (Å²) in [5, 5.41) is 2.87. The van der Waals surface area contributed by atoms with Crippen molar-refractivity contribution < 1.29 is 13.2 Å². The van der Waals surface area contributed by atoms with Crippen molar-refractivity contribution in [2.45, 2.75) is 19.3 Å². The van der Waals surface area contributed by atoms with Gasteiger partial charge in [-0.3, -0.25) is 4.79 Å². The lowest BCUT2D eigenvalue weighted by molar-refractivity contribution is -0.118. The molecule has 0 bridgehead atoms. The lowest BCUT2D eigenvalue weighted by atomic mass is 10.2. The van der Waals surface area contributed by atoms with Gasteiger partial charge in [-0.1, -0.05) is 0 Å². The molecule has 0 unspecified atom stereocenters. The van der Waals surface area contributed by atoms with Crippen LogP contribution in [0.3, 0.4) is 0 Å². The van der Waals surface area contributed by atoms with E-state index in [1.807, 2.05) is 0 Å². The van der Waals surface area contributed by atoms with Gasteiger partial charge in [0.15, 0.2) is 0 Å². The van der Waals surface area contributed by atoms with Gasteiger partial charge in [-0.25, -0.2) is 8.42 Å². The van der Waals surface area contributed by atoms with Crippen molar-refractivity contribution in [2.24, 2.45) is 0 Å². The van der Waals surface area contributed by atoms with Crippen LogP contribution in [-0.4, -0.2) is 39.8 Å². The predicted molar refractivity (Wildman–Crippen MR) is 52.5 cm³/mol. The van der Waals surface area contributed by atoms with Gasteiger partial charge in [0.2, 0.25) is 0 Å². The molecule has 0 aliphatic heterocycles. The zero-order valence-electron chi connectivity index (χ0n) is 8.17. The number of ketones is 1. The van der Waals surface area contributed by atoms with Crippen LogP contribution in [0.5, 0.6) is 0 Å². The predicted octanol–water partition coefficient (Wildman–Crippen LogP) is -0.0102. The maximum Gasteiger partial charge on any atom is 0.147 e. The molecule has 0 fully saturated rings. The van der Waals surface area contributed by atoms with Crippen molar-refractivity contribution in [3.63, 3.8) is 0 Å². The molecule has 4 nitrogen and oxygen atoms in total. The maximum absolute atomic E-state index is 11.1. The van der Waals surface area contributed by atoms with Gasteiger partial charge in [-0.05, 0) is 13.5 Å². The molecule has 0 atom stereocenters. The Balaban J connectivity index is 3.49. The van der Waals surface area contributed by atoms with E-state index in [9.17, 15) is 13.2 Å². The number of carbonyl (C=O) groups excluding carboxylic acids is 1. The highest BCUT2D eigenvalue weighted by atomic mass is 32.2. The molecule has 0 radical (unpaired) electrons. The first kappa shape index (κ1) is 12.6. The second-order valence-electron chi connectivity index (χ2n) is 3.13. The van der Waals surface area contributed by atoms with Gasteiger partial charge in [0.1, 0.15) is 15.6 Å². The molecule has 0 aromatic heterocycles. The van der Waals surface area contributed by atoms with Gasteiger partial charge in [-0.15, -0.1) is 0 Å². The minimum atomic E-state index is -2.91. The third-order valence-electron chi connectivity index (χ3n) is 1.62. The van der Waals surface area contributed by atoms with Crippen LogP contribution in [0.4, 0.5) is 0 Å². The second kappa shape index (κ2) is 6.10. The summed E-state index contributed by atoms with van der Waals surface area (Å²) in [6, 6.07) is 0. The standard InChI is InChI=1S/C8H17NO3S/c1-9-6-5-8(10)4-3-7-13(2,11)12/h9H,3-7H2,1-2H3. The summed E-state index contributed by atoms with van der Waals surface area (Å²) >= 11 is 0. The summed E-state index contributed by atoms with van der Waals surface area (Å²) in [7, 11) is -1.13. The number of hydrogen-bond acceptors (Lipinski definition) is 4. The highest BCUT2D eigenvalue weighted by molar-refractivity contribution is 7.90. The molecule has 0 heterocycles. The number of rotatable bonds is 7. The van der Waals surface area contributed by atoms with E-state index in [0.717, 1.165) is 0 Å². The molecule has 0 amide bonds. The number of sulfone groups is 1. The lowest BCUT2D eigenvalue weighted by Crippen LogP contribution is -2.13. The fourth-order valence-electron chi connectivity index (χ4n) is 0.921. The van der Waals surface area contributed by atoms with E-state index >= 15 is 0 Å². The van der Waals surface area contributed by atoms with E-state index in [1.165, 1.54) is 6.26 Å². The number of nitrogens with one attached hydrogen (secondary N) is 1. The number of hydrogen-bond donors (Lipinski definition) is 1. The van der Waals surface area contributed by atoms with Gasteiger partial charge < -0.3 is 5.32 Å². The van der Waals surface area contributed by atoms with Crippen LogP contribution >= 0.6 is 0 Å². The Morgan fingerprint density at radius 2 is 1.92 bits per heavy atom. The van der Waals surface area contributed by atoms with Crippen molar-refractivity contribution >= 4 is 15.6 Å². The van der Waals surface area contributed by atoms with Gasteiger partial charge in [-0.2, -0.15) is 0 Å². The van der Waals surface area contributed by atoms with Crippen LogP contribution in [-0.2, 0) is 14.6 Å². The monoisotopic (exact) mass is 207 g/mol. The maximum atomic E-state index is 11.1. The van der Waals surface area contributed by atoms with Crippen LogP contribution < -0.4 is 5.32 Å². The molecule has 0 spiro atoms. The van der Waals surface area contributed by atoms with Crippen molar-refractivity contribution in [1.29, 1.82) is 0 Å². The minimum absolute atomic E-state index is 0.109. The molecule has 1 N–H and O–H groups in total. The first-order chi connectivity index (χ1) is 5.95. The summed E-state index contributed by atoms with van der Waals surface area (Å²) in [4.78, 5) is 11.1. The third-order valence-corrected chi connectivity index (χ3v) is 2.65. The van der Waals surface area contributed by atoms with Crippen LogP contribution in [0.25, 0.3) is 0 Å². The van der Waals surface area contributed by atoms with E-state index in [4.69, 9.17) is 0 Å². The Labute approximate surface area is 79.6 Å². The molecular weight excluding hydrogens is 190 g/mol. The van der Waals surface area contributed by atoms with Gasteiger partial charge in [0, 0.05) is 25.6 Å². The quantitative estimate of drug-likeness (QED) is 0.638. The Kier molecular flexibility index (Phi) is 5.90. The Morgan fingerprint density at radius 1 is 1.31 bits per heavy atom. The minimum Gasteiger partial charge on any atom is -0.319 e. The second-order valence-corrected chi connectivity index (χ2v) is 5.39. The molecule has 78 valence electrons. The summed E-state index contributed by atoms with van der Waals surface area (Å²) in [5.74, 6) is 0.233. The topological polar surface area (TPSA) is 63.2 Å².